The van der Waals surface area contributed by atoms with Crippen LogP contribution in [0, 0.1) is 6.92 Å². The zero-order chi connectivity index (χ0) is 13.3. The number of pyridine rings is 1. The van der Waals surface area contributed by atoms with Crippen LogP contribution in [-0.2, 0) is 11.3 Å². The Bertz CT molecular complexity index is 672. The highest BCUT2D eigenvalue weighted by Gasteiger charge is 2.10. The van der Waals surface area contributed by atoms with Crippen molar-refractivity contribution in [3.05, 3.63) is 40.2 Å². The molecule has 2 rings (SSSR count). The molecule has 94 valence electrons. The highest BCUT2D eigenvalue weighted by Crippen LogP contribution is 2.22. The van der Waals surface area contributed by atoms with Gasteiger partial charge in [0, 0.05) is 17.5 Å². The molecule has 1 N–H and O–H groups in total. The summed E-state index contributed by atoms with van der Waals surface area (Å²) in [6.07, 6.45) is 0. The van der Waals surface area contributed by atoms with E-state index in [-0.39, 0.29) is 12.1 Å². The van der Waals surface area contributed by atoms with Gasteiger partial charge in [0.15, 0.2) is 0 Å². The van der Waals surface area contributed by atoms with Crippen molar-refractivity contribution in [2.75, 3.05) is 7.11 Å². The second kappa shape index (κ2) is 4.52. The first kappa shape index (κ1) is 12.2. The van der Waals surface area contributed by atoms with Crippen molar-refractivity contribution >= 4 is 16.9 Å². The third-order valence-electron chi connectivity index (χ3n) is 2.82. The van der Waals surface area contributed by atoms with Gasteiger partial charge in [-0.3, -0.25) is 14.2 Å². The second-order valence-corrected chi connectivity index (χ2v) is 4.03. The predicted octanol–water partition coefficient (Wildman–Crippen LogP) is 1.40. The maximum atomic E-state index is 11.8. The van der Waals surface area contributed by atoms with Crippen LogP contribution in [0.2, 0.25) is 0 Å². The molecular weight excluding hydrogens is 234 g/mol. The summed E-state index contributed by atoms with van der Waals surface area (Å²) in [4.78, 5) is 22.7. The number of methoxy groups -OCH3 is 1. The summed E-state index contributed by atoms with van der Waals surface area (Å²) in [5.74, 6) is -0.461. The van der Waals surface area contributed by atoms with Crippen molar-refractivity contribution in [2.45, 2.75) is 13.5 Å². The van der Waals surface area contributed by atoms with Crippen molar-refractivity contribution in [2.24, 2.45) is 0 Å². The van der Waals surface area contributed by atoms with Crippen molar-refractivity contribution in [3.63, 3.8) is 0 Å². The number of carboxylic acid groups (broad SMARTS) is 1. The average Bonchev–Trinajstić information content (AvgIpc) is 2.33. The minimum atomic E-state index is -1.05. The van der Waals surface area contributed by atoms with Gasteiger partial charge in [0.1, 0.15) is 12.3 Å². The van der Waals surface area contributed by atoms with Gasteiger partial charge in [-0.25, -0.2) is 0 Å². The van der Waals surface area contributed by atoms with Crippen LogP contribution in [0.5, 0.6) is 5.75 Å². The molecule has 0 saturated heterocycles. The molecule has 0 saturated carbocycles. The van der Waals surface area contributed by atoms with Gasteiger partial charge in [-0.1, -0.05) is 0 Å². The van der Waals surface area contributed by atoms with E-state index in [2.05, 4.69) is 0 Å². The third kappa shape index (κ3) is 2.07. The Kier molecular flexibility index (Phi) is 3.06. The lowest BCUT2D eigenvalue weighted by Gasteiger charge is -2.11. The molecular formula is C13H13NO4. The highest BCUT2D eigenvalue weighted by atomic mass is 16.5. The van der Waals surface area contributed by atoms with E-state index in [1.165, 1.54) is 17.7 Å². The number of nitrogens with zero attached hydrogens (tertiary/aromatic N) is 1. The first-order valence-electron chi connectivity index (χ1n) is 5.43. The number of aryl methyl sites for hydroxylation is 1. The number of aromatic nitrogens is 1. The number of aliphatic carboxylic acids is 1. The SMILES string of the molecule is COc1ccc2c(C)cc(=O)n(CC(=O)O)c2c1. The fraction of sp³-hybridized carbons (Fsp3) is 0.231. The van der Waals surface area contributed by atoms with Crippen LogP contribution in [0.3, 0.4) is 0 Å². The molecule has 0 bridgehead atoms. The number of rotatable bonds is 3. The molecule has 0 aliphatic rings. The number of ether oxygens (including phenoxy) is 1. The van der Waals surface area contributed by atoms with Crippen molar-refractivity contribution in [1.82, 2.24) is 4.57 Å². The van der Waals surface area contributed by atoms with Crippen LogP contribution in [0.15, 0.2) is 29.1 Å². The molecule has 18 heavy (non-hydrogen) atoms. The molecule has 1 aromatic carbocycles. The molecule has 0 amide bonds. The zero-order valence-corrected chi connectivity index (χ0v) is 10.1. The van der Waals surface area contributed by atoms with E-state index < -0.39 is 5.97 Å². The topological polar surface area (TPSA) is 68.5 Å². The lowest BCUT2D eigenvalue weighted by Crippen LogP contribution is -2.24. The summed E-state index contributed by atoms with van der Waals surface area (Å²) in [6, 6.07) is 6.72. The summed E-state index contributed by atoms with van der Waals surface area (Å²) in [6.45, 7) is 1.46. The van der Waals surface area contributed by atoms with Gasteiger partial charge >= 0.3 is 5.97 Å². The molecule has 0 unspecified atom stereocenters. The van der Waals surface area contributed by atoms with E-state index >= 15 is 0 Å². The van der Waals surface area contributed by atoms with Gasteiger partial charge in [-0.2, -0.15) is 0 Å². The maximum absolute atomic E-state index is 11.8. The Hall–Kier alpha value is -2.30. The molecule has 1 heterocycles. The lowest BCUT2D eigenvalue weighted by molar-refractivity contribution is -0.137. The quantitative estimate of drug-likeness (QED) is 0.890. The molecule has 0 aliphatic heterocycles. The molecule has 5 heteroatoms. The first-order valence-corrected chi connectivity index (χ1v) is 5.43. The van der Waals surface area contributed by atoms with E-state index in [4.69, 9.17) is 9.84 Å². The van der Waals surface area contributed by atoms with Crippen molar-refractivity contribution in [1.29, 1.82) is 0 Å². The Labute approximate surface area is 103 Å². The molecule has 1 aromatic heterocycles. The summed E-state index contributed by atoms with van der Waals surface area (Å²) >= 11 is 0. The smallest absolute Gasteiger partial charge is 0.323 e. The van der Waals surface area contributed by atoms with E-state index in [0.717, 1.165) is 10.9 Å². The summed E-state index contributed by atoms with van der Waals surface area (Å²) in [7, 11) is 1.52. The van der Waals surface area contributed by atoms with Crippen molar-refractivity contribution in [3.8, 4) is 5.75 Å². The van der Waals surface area contributed by atoms with Gasteiger partial charge in [0.25, 0.3) is 5.56 Å². The van der Waals surface area contributed by atoms with Crippen molar-refractivity contribution < 1.29 is 14.6 Å². The van der Waals surface area contributed by atoms with Gasteiger partial charge in [0.2, 0.25) is 0 Å². The van der Waals surface area contributed by atoms with Gasteiger partial charge in [0.05, 0.1) is 12.6 Å². The number of hydrogen-bond acceptors (Lipinski definition) is 3. The normalized spacial score (nSPS) is 10.6. The zero-order valence-electron chi connectivity index (χ0n) is 10.1. The van der Waals surface area contributed by atoms with Crippen LogP contribution in [0.25, 0.3) is 10.9 Å². The van der Waals surface area contributed by atoms with Crippen LogP contribution < -0.4 is 10.3 Å². The Morgan fingerprint density at radius 3 is 2.72 bits per heavy atom. The molecule has 0 spiro atoms. The lowest BCUT2D eigenvalue weighted by atomic mass is 10.1. The summed E-state index contributed by atoms with van der Waals surface area (Å²) < 4.78 is 6.33. The highest BCUT2D eigenvalue weighted by molar-refractivity contribution is 5.84. The molecule has 0 aliphatic carbocycles. The third-order valence-corrected chi connectivity index (χ3v) is 2.82. The molecule has 2 aromatic rings. The number of benzene rings is 1. The van der Waals surface area contributed by atoms with Gasteiger partial charge in [-0.05, 0) is 24.6 Å². The number of carboxylic acids is 1. The number of carbonyl (C=O) groups is 1. The fourth-order valence-corrected chi connectivity index (χ4v) is 1.95. The number of fused-ring (bicyclic) bond motifs is 1. The monoisotopic (exact) mass is 247 g/mol. The van der Waals surface area contributed by atoms with Crippen LogP contribution >= 0.6 is 0 Å². The van der Waals surface area contributed by atoms with Crippen LogP contribution in [0.4, 0.5) is 0 Å². The predicted molar refractivity (Wildman–Crippen MR) is 67.1 cm³/mol. The van der Waals surface area contributed by atoms with Crippen LogP contribution in [-0.4, -0.2) is 22.8 Å². The first-order chi connectivity index (χ1) is 8.52. The number of hydrogen-bond donors (Lipinski definition) is 1. The van der Waals surface area contributed by atoms with Gasteiger partial charge in [-0.15, -0.1) is 0 Å². The van der Waals surface area contributed by atoms with E-state index in [9.17, 15) is 9.59 Å². The van der Waals surface area contributed by atoms with Gasteiger partial charge < -0.3 is 9.84 Å². The largest absolute Gasteiger partial charge is 0.497 e. The van der Waals surface area contributed by atoms with Crippen LogP contribution in [0.1, 0.15) is 5.56 Å². The molecule has 0 radical (unpaired) electrons. The minimum Gasteiger partial charge on any atom is -0.497 e. The fourth-order valence-electron chi connectivity index (χ4n) is 1.95. The summed E-state index contributed by atoms with van der Waals surface area (Å²) in [5.41, 5.74) is 1.07. The second-order valence-electron chi connectivity index (χ2n) is 4.03. The minimum absolute atomic E-state index is 0.323. The average molecular weight is 247 g/mol. The standard InChI is InChI=1S/C13H13NO4/c1-8-5-12(15)14(7-13(16)17)11-6-9(18-2)3-4-10(8)11/h3-6H,7H2,1-2H3,(H,16,17). The van der Waals surface area contributed by atoms with E-state index in [1.54, 1.807) is 12.1 Å². The van der Waals surface area contributed by atoms with E-state index in [0.29, 0.717) is 11.3 Å². The Morgan fingerprint density at radius 1 is 1.39 bits per heavy atom. The molecule has 5 nitrogen and oxygen atoms in total. The molecule has 0 atom stereocenters. The summed E-state index contributed by atoms with van der Waals surface area (Å²) in [5, 5.41) is 9.70. The molecule has 0 fully saturated rings. The Morgan fingerprint density at radius 2 is 2.11 bits per heavy atom. The Balaban J connectivity index is 2.81. The van der Waals surface area contributed by atoms with E-state index in [1.807, 2.05) is 13.0 Å². The maximum Gasteiger partial charge on any atom is 0.323 e.